The molecule has 0 saturated carbocycles. The van der Waals surface area contributed by atoms with Gasteiger partial charge in [0.2, 0.25) is 0 Å². The fourth-order valence-corrected chi connectivity index (χ4v) is 2.30. The van der Waals surface area contributed by atoms with Gasteiger partial charge in [0, 0.05) is 36.7 Å². The maximum atomic E-state index is 3.39. The molecule has 0 bridgehead atoms. The van der Waals surface area contributed by atoms with Crippen molar-refractivity contribution in [3.8, 4) is 0 Å². The molecule has 0 amide bonds. The lowest BCUT2D eigenvalue weighted by molar-refractivity contribution is 0.501. The van der Waals surface area contributed by atoms with Crippen LogP contribution in [-0.2, 0) is 0 Å². The molecule has 0 spiro atoms. The zero-order valence-corrected chi connectivity index (χ0v) is 10.6. The summed E-state index contributed by atoms with van der Waals surface area (Å²) < 4.78 is 0. The molecule has 0 aromatic carbocycles. The van der Waals surface area contributed by atoms with Gasteiger partial charge in [-0.05, 0) is 18.4 Å². The van der Waals surface area contributed by atoms with E-state index in [4.69, 9.17) is 0 Å². The number of rotatable bonds is 1. The van der Waals surface area contributed by atoms with E-state index in [1.54, 1.807) is 11.3 Å². The van der Waals surface area contributed by atoms with Crippen LogP contribution in [0, 0.1) is 0 Å². The molecule has 1 aliphatic heterocycles. The third-order valence-corrected chi connectivity index (χ3v) is 3.01. The molecule has 1 saturated heterocycles. The molecule has 14 heavy (non-hydrogen) atoms. The highest BCUT2D eigenvalue weighted by Gasteiger charge is 2.17. The number of piperazine rings is 1. The summed E-state index contributed by atoms with van der Waals surface area (Å²) in [5, 5.41) is 7.76. The minimum atomic E-state index is 0. The minimum absolute atomic E-state index is 0. The van der Waals surface area contributed by atoms with Crippen molar-refractivity contribution in [1.82, 2.24) is 5.32 Å². The lowest BCUT2D eigenvalue weighted by atomic mass is 10.2. The maximum Gasteiger partial charge on any atom is 0.0478 e. The zero-order chi connectivity index (χ0) is 8.39. The van der Waals surface area contributed by atoms with E-state index < -0.39 is 0 Å². The topological polar surface area (TPSA) is 15.3 Å². The van der Waals surface area contributed by atoms with Crippen LogP contribution in [0.4, 0.5) is 5.69 Å². The lowest BCUT2D eigenvalue weighted by Crippen LogP contribution is -2.49. The van der Waals surface area contributed by atoms with Crippen LogP contribution >= 0.6 is 36.2 Å². The van der Waals surface area contributed by atoms with Crippen LogP contribution in [0.1, 0.15) is 6.92 Å². The summed E-state index contributed by atoms with van der Waals surface area (Å²) in [6.07, 6.45) is 0. The van der Waals surface area contributed by atoms with Crippen LogP contribution in [0.15, 0.2) is 16.8 Å². The maximum absolute atomic E-state index is 3.39. The Morgan fingerprint density at radius 1 is 1.50 bits per heavy atom. The van der Waals surface area contributed by atoms with E-state index in [1.807, 2.05) is 0 Å². The van der Waals surface area contributed by atoms with Crippen LogP contribution in [0.3, 0.4) is 0 Å². The van der Waals surface area contributed by atoms with Gasteiger partial charge < -0.3 is 10.2 Å². The number of nitrogens with one attached hydrogen (secondary N) is 1. The van der Waals surface area contributed by atoms with Gasteiger partial charge in [-0.25, -0.2) is 0 Å². The second kappa shape index (κ2) is 6.51. The van der Waals surface area contributed by atoms with E-state index in [0.717, 1.165) is 19.6 Å². The first-order valence-electron chi connectivity index (χ1n) is 4.37. The summed E-state index contributed by atoms with van der Waals surface area (Å²) in [4.78, 5) is 2.47. The quantitative estimate of drug-likeness (QED) is 0.829. The van der Waals surface area contributed by atoms with Crippen molar-refractivity contribution in [2.75, 3.05) is 24.5 Å². The van der Waals surface area contributed by atoms with E-state index in [-0.39, 0.29) is 24.8 Å². The third kappa shape index (κ3) is 3.02. The Kier molecular flexibility index (Phi) is 6.53. The first kappa shape index (κ1) is 14.0. The average Bonchev–Trinajstić information content (AvgIpc) is 2.57. The number of nitrogens with zero attached hydrogens (tertiary/aromatic N) is 1. The van der Waals surface area contributed by atoms with Crippen molar-refractivity contribution in [2.45, 2.75) is 13.0 Å². The normalized spacial score (nSPS) is 20.9. The molecule has 1 fully saturated rings. The van der Waals surface area contributed by atoms with Crippen molar-refractivity contribution in [3.63, 3.8) is 0 Å². The van der Waals surface area contributed by atoms with Gasteiger partial charge in [0.15, 0.2) is 0 Å². The van der Waals surface area contributed by atoms with E-state index in [1.165, 1.54) is 5.69 Å². The number of hydrogen-bond donors (Lipinski definition) is 1. The van der Waals surface area contributed by atoms with Crippen LogP contribution < -0.4 is 10.2 Å². The molecule has 0 radical (unpaired) electrons. The number of hydrogen-bond acceptors (Lipinski definition) is 3. The van der Waals surface area contributed by atoms with Gasteiger partial charge in [0.25, 0.3) is 0 Å². The fourth-order valence-electron chi connectivity index (χ4n) is 1.65. The number of anilines is 1. The molecule has 2 rings (SSSR count). The predicted molar refractivity (Wildman–Crippen MR) is 68.5 cm³/mol. The SMILES string of the molecule is CC1CNCCN1c1ccsc1.Cl.Cl. The van der Waals surface area contributed by atoms with Gasteiger partial charge >= 0.3 is 0 Å². The van der Waals surface area contributed by atoms with Gasteiger partial charge in [-0.1, -0.05) is 0 Å². The Balaban J connectivity index is 0.000000845. The Bertz CT molecular complexity index is 241. The molecule has 82 valence electrons. The molecular formula is C9H16Cl2N2S. The van der Waals surface area contributed by atoms with Gasteiger partial charge in [-0.15, -0.1) is 24.8 Å². The highest BCUT2D eigenvalue weighted by Crippen LogP contribution is 2.20. The van der Waals surface area contributed by atoms with Crippen molar-refractivity contribution in [1.29, 1.82) is 0 Å². The molecule has 1 atom stereocenters. The van der Waals surface area contributed by atoms with Crippen LogP contribution in [-0.4, -0.2) is 25.7 Å². The largest absolute Gasteiger partial charge is 0.366 e. The monoisotopic (exact) mass is 254 g/mol. The van der Waals surface area contributed by atoms with Crippen molar-refractivity contribution >= 4 is 41.8 Å². The summed E-state index contributed by atoms with van der Waals surface area (Å²) >= 11 is 1.77. The van der Waals surface area contributed by atoms with Gasteiger partial charge in [0.1, 0.15) is 0 Å². The van der Waals surface area contributed by atoms with Gasteiger partial charge in [0.05, 0.1) is 0 Å². The third-order valence-electron chi connectivity index (χ3n) is 2.34. The lowest BCUT2D eigenvalue weighted by Gasteiger charge is -2.35. The standard InChI is InChI=1S/C9H14N2S.2ClH/c1-8-6-10-3-4-11(8)9-2-5-12-7-9;;/h2,5,7-8,10H,3-4,6H2,1H3;2*1H. The van der Waals surface area contributed by atoms with E-state index >= 15 is 0 Å². The second-order valence-corrected chi connectivity index (χ2v) is 4.01. The van der Waals surface area contributed by atoms with Crippen molar-refractivity contribution < 1.29 is 0 Å². The summed E-state index contributed by atoms with van der Waals surface area (Å²) in [5.41, 5.74) is 1.38. The molecule has 1 aliphatic rings. The molecule has 1 N–H and O–H groups in total. The summed E-state index contributed by atoms with van der Waals surface area (Å²) in [5.74, 6) is 0. The van der Waals surface area contributed by atoms with E-state index in [0.29, 0.717) is 6.04 Å². The molecule has 5 heteroatoms. The summed E-state index contributed by atoms with van der Waals surface area (Å²) in [6, 6.07) is 2.83. The van der Waals surface area contributed by atoms with Crippen molar-refractivity contribution in [2.24, 2.45) is 0 Å². The first-order valence-corrected chi connectivity index (χ1v) is 5.32. The Hall–Kier alpha value is 0.0400. The number of thiophene rings is 1. The highest BCUT2D eigenvalue weighted by atomic mass is 35.5. The molecule has 2 nitrogen and oxygen atoms in total. The fraction of sp³-hybridized carbons (Fsp3) is 0.556. The smallest absolute Gasteiger partial charge is 0.0478 e. The Labute approximate surface area is 102 Å². The molecule has 2 heterocycles. The molecule has 0 aliphatic carbocycles. The Morgan fingerprint density at radius 3 is 2.86 bits per heavy atom. The molecule has 1 aromatic heterocycles. The summed E-state index contributed by atoms with van der Waals surface area (Å²) in [6.45, 7) is 5.62. The summed E-state index contributed by atoms with van der Waals surface area (Å²) in [7, 11) is 0. The van der Waals surface area contributed by atoms with Crippen LogP contribution in [0.5, 0.6) is 0 Å². The minimum Gasteiger partial charge on any atom is -0.366 e. The van der Waals surface area contributed by atoms with Gasteiger partial charge in [-0.2, -0.15) is 11.3 Å². The second-order valence-electron chi connectivity index (χ2n) is 3.23. The van der Waals surface area contributed by atoms with Gasteiger partial charge in [-0.3, -0.25) is 0 Å². The van der Waals surface area contributed by atoms with E-state index in [2.05, 4.69) is 34.0 Å². The highest BCUT2D eigenvalue weighted by molar-refractivity contribution is 7.08. The van der Waals surface area contributed by atoms with Crippen molar-refractivity contribution in [3.05, 3.63) is 16.8 Å². The molecular weight excluding hydrogens is 239 g/mol. The number of halogens is 2. The average molecular weight is 255 g/mol. The zero-order valence-electron chi connectivity index (χ0n) is 8.10. The van der Waals surface area contributed by atoms with E-state index in [9.17, 15) is 0 Å². The van der Waals surface area contributed by atoms with Crippen LogP contribution in [0.2, 0.25) is 0 Å². The predicted octanol–water partition coefficient (Wildman–Crippen LogP) is 2.39. The molecule has 1 unspecified atom stereocenters. The first-order chi connectivity index (χ1) is 5.88. The van der Waals surface area contributed by atoms with Crippen LogP contribution in [0.25, 0.3) is 0 Å². The molecule has 1 aromatic rings. The Morgan fingerprint density at radius 2 is 2.29 bits per heavy atom.